The summed E-state index contributed by atoms with van der Waals surface area (Å²) < 4.78 is 14.3. The molecular formula is C8H15NO4. The number of carbonyl (C=O) groups is 1. The minimum Gasteiger partial charge on any atom is -0.461 e. The summed E-state index contributed by atoms with van der Waals surface area (Å²) in [7, 11) is 0. The lowest BCUT2D eigenvalue weighted by molar-refractivity contribution is -0.135. The quantitative estimate of drug-likeness (QED) is 0.275. The Morgan fingerprint density at radius 1 is 1.23 bits per heavy atom. The van der Waals surface area contributed by atoms with E-state index in [2.05, 4.69) is 4.74 Å². The molecule has 0 spiro atoms. The van der Waals surface area contributed by atoms with Crippen molar-refractivity contribution in [1.82, 2.24) is 0 Å². The molecule has 0 aromatic heterocycles. The lowest BCUT2D eigenvalue weighted by atomic mass is 10.4. The smallest absolute Gasteiger partial charge is 0.354 e. The molecular weight excluding hydrogens is 174 g/mol. The second-order valence-corrected chi connectivity index (χ2v) is 2.16. The Morgan fingerprint density at radius 2 is 1.92 bits per heavy atom. The van der Waals surface area contributed by atoms with Crippen LogP contribution in [0.5, 0.6) is 0 Å². The molecule has 0 saturated heterocycles. The average Bonchev–Trinajstić information content (AvgIpc) is 2.12. The van der Waals surface area contributed by atoms with Crippen LogP contribution in [-0.2, 0) is 19.0 Å². The molecule has 0 aromatic rings. The zero-order valence-electron chi connectivity index (χ0n) is 7.96. The molecule has 0 aliphatic rings. The molecule has 0 unspecified atom stereocenters. The minimum absolute atomic E-state index is 0.0706. The molecule has 76 valence electrons. The van der Waals surface area contributed by atoms with Crippen LogP contribution in [0.3, 0.4) is 0 Å². The predicted molar refractivity (Wildman–Crippen MR) is 46.8 cm³/mol. The van der Waals surface area contributed by atoms with Gasteiger partial charge in [0.1, 0.15) is 12.5 Å². The molecule has 0 radical (unpaired) electrons. The van der Waals surface area contributed by atoms with E-state index in [4.69, 9.17) is 14.9 Å². The normalized spacial score (nSPS) is 9.69. The zero-order chi connectivity index (χ0) is 10.1. The van der Waals surface area contributed by atoms with Crippen LogP contribution in [0.25, 0.3) is 0 Å². The van der Waals surface area contributed by atoms with E-state index in [1.165, 1.54) is 0 Å². The molecule has 5 nitrogen and oxygen atoms in total. The second-order valence-electron chi connectivity index (χ2n) is 2.16. The largest absolute Gasteiger partial charge is 0.461 e. The van der Waals surface area contributed by atoms with E-state index in [1.807, 2.05) is 6.92 Å². The topological polar surface area (TPSA) is 68.6 Å². The molecule has 0 saturated carbocycles. The maximum absolute atomic E-state index is 10.8. The van der Waals surface area contributed by atoms with E-state index in [1.54, 1.807) is 6.92 Å². The van der Waals surface area contributed by atoms with Crippen molar-refractivity contribution in [1.29, 1.82) is 5.41 Å². The van der Waals surface area contributed by atoms with E-state index in [0.29, 0.717) is 6.61 Å². The molecule has 0 amide bonds. The lowest BCUT2D eigenvalue weighted by Gasteiger charge is -2.04. The van der Waals surface area contributed by atoms with Crippen molar-refractivity contribution < 1.29 is 19.0 Å². The van der Waals surface area contributed by atoms with E-state index >= 15 is 0 Å². The molecule has 0 aromatic carbocycles. The molecule has 1 N–H and O–H groups in total. The monoisotopic (exact) mass is 189 g/mol. The maximum atomic E-state index is 10.8. The second kappa shape index (κ2) is 7.70. The summed E-state index contributed by atoms with van der Waals surface area (Å²) in [6.45, 7) is 4.36. The minimum atomic E-state index is -0.640. The van der Waals surface area contributed by atoms with Gasteiger partial charge in [-0.05, 0) is 13.8 Å². The van der Waals surface area contributed by atoms with Crippen LogP contribution in [0.15, 0.2) is 0 Å². The predicted octanol–water partition coefficient (Wildman–Crippen LogP) is 0.580. The fraction of sp³-hybridized carbons (Fsp3) is 0.750. The number of ether oxygens (including phenoxy) is 3. The van der Waals surface area contributed by atoms with Gasteiger partial charge in [-0.2, -0.15) is 0 Å². The highest BCUT2D eigenvalue weighted by Gasteiger charge is 2.09. The van der Waals surface area contributed by atoms with Gasteiger partial charge in [-0.15, -0.1) is 0 Å². The van der Waals surface area contributed by atoms with Crippen molar-refractivity contribution in [2.75, 3.05) is 26.6 Å². The number of hydrogen-bond donors (Lipinski definition) is 1. The average molecular weight is 189 g/mol. The van der Waals surface area contributed by atoms with E-state index in [-0.39, 0.29) is 25.7 Å². The van der Waals surface area contributed by atoms with Crippen LogP contribution in [0.4, 0.5) is 0 Å². The first-order chi connectivity index (χ1) is 6.22. The summed E-state index contributed by atoms with van der Waals surface area (Å²) in [5, 5.41) is 7.18. The summed E-state index contributed by atoms with van der Waals surface area (Å²) in [6, 6.07) is 0. The highest BCUT2D eigenvalue weighted by Crippen LogP contribution is 1.85. The first kappa shape index (κ1) is 12.1. The summed E-state index contributed by atoms with van der Waals surface area (Å²) >= 11 is 0. The third-order valence-corrected chi connectivity index (χ3v) is 1.14. The first-order valence-electron chi connectivity index (χ1n) is 4.12. The zero-order valence-corrected chi connectivity index (χ0v) is 7.96. The third kappa shape index (κ3) is 6.24. The molecule has 0 atom stereocenters. The Kier molecular flexibility index (Phi) is 7.14. The van der Waals surface area contributed by atoms with Crippen molar-refractivity contribution in [3.05, 3.63) is 0 Å². The number of hydrogen-bond acceptors (Lipinski definition) is 5. The van der Waals surface area contributed by atoms with Gasteiger partial charge in [0.15, 0.2) is 0 Å². The van der Waals surface area contributed by atoms with Gasteiger partial charge in [-0.25, -0.2) is 4.79 Å². The van der Waals surface area contributed by atoms with E-state index < -0.39 is 5.97 Å². The molecule has 0 heterocycles. The van der Waals surface area contributed by atoms with Crippen molar-refractivity contribution >= 4 is 11.7 Å². The van der Waals surface area contributed by atoms with Crippen LogP contribution in [0.1, 0.15) is 13.8 Å². The summed E-state index contributed by atoms with van der Waals surface area (Å²) in [5.41, 5.74) is -0.193. The van der Waals surface area contributed by atoms with Crippen molar-refractivity contribution in [3.63, 3.8) is 0 Å². The summed E-state index contributed by atoms with van der Waals surface area (Å²) in [6.07, 6.45) is 0. The molecule has 0 bridgehead atoms. The highest BCUT2D eigenvalue weighted by atomic mass is 16.7. The van der Waals surface area contributed by atoms with E-state index in [0.717, 1.165) is 0 Å². The molecule has 0 fully saturated rings. The van der Waals surface area contributed by atoms with Gasteiger partial charge in [0.05, 0.1) is 13.2 Å². The van der Waals surface area contributed by atoms with Crippen molar-refractivity contribution in [3.8, 4) is 0 Å². The van der Waals surface area contributed by atoms with Gasteiger partial charge in [-0.3, -0.25) is 5.41 Å². The van der Waals surface area contributed by atoms with Crippen molar-refractivity contribution in [2.24, 2.45) is 0 Å². The Hall–Kier alpha value is -0.940. The van der Waals surface area contributed by atoms with Gasteiger partial charge in [0.2, 0.25) is 0 Å². The van der Waals surface area contributed by atoms with Crippen molar-refractivity contribution in [2.45, 2.75) is 13.8 Å². The number of rotatable bonds is 7. The van der Waals surface area contributed by atoms with Crippen LogP contribution in [-0.4, -0.2) is 38.3 Å². The number of nitrogens with one attached hydrogen (secondary N) is 1. The molecule has 0 aliphatic carbocycles. The Morgan fingerprint density at radius 3 is 2.46 bits per heavy atom. The van der Waals surface area contributed by atoms with E-state index in [9.17, 15) is 4.79 Å². The molecule has 0 aliphatic heterocycles. The lowest BCUT2D eigenvalue weighted by Crippen LogP contribution is -2.22. The van der Waals surface area contributed by atoms with Gasteiger partial charge in [-0.1, -0.05) is 0 Å². The Balaban J connectivity index is 3.44. The Bertz CT molecular complexity index is 170. The maximum Gasteiger partial charge on any atom is 0.354 e. The third-order valence-electron chi connectivity index (χ3n) is 1.14. The Labute approximate surface area is 77.5 Å². The van der Waals surface area contributed by atoms with Crippen LogP contribution < -0.4 is 0 Å². The standard InChI is InChI=1S/C8H15NO4/c1-3-11-6-12-5-7(9)8(10)13-4-2/h9H,3-6H2,1-2H3. The highest BCUT2D eigenvalue weighted by molar-refractivity contribution is 6.35. The number of carbonyl (C=O) groups excluding carboxylic acids is 1. The van der Waals surface area contributed by atoms with Gasteiger partial charge >= 0.3 is 5.97 Å². The molecule has 5 heteroatoms. The van der Waals surface area contributed by atoms with Gasteiger partial charge < -0.3 is 14.2 Å². The summed E-state index contributed by atoms with van der Waals surface area (Å²) in [5.74, 6) is -0.640. The first-order valence-corrected chi connectivity index (χ1v) is 4.12. The molecule has 13 heavy (non-hydrogen) atoms. The summed E-state index contributed by atoms with van der Waals surface area (Å²) in [4.78, 5) is 10.8. The van der Waals surface area contributed by atoms with Gasteiger partial charge in [0, 0.05) is 6.61 Å². The van der Waals surface area contributed by atoms with Crippen LogP contribution in [0.2, 0.25) is 0 Å². The van der Waals surface area contributed by atoms with Gasteiger partial charge in [0.25, 0.3) is 0 Å². The fourth-order valence-electron chi connectivity index (χ4n) is 0.563. The number of esters is 1. The molecule has 0 rings (SSSR count). The van der Waals surface area contributed by atoms with Crippen LogP contribution >= 0.6 is 0 Å². The van der Waals surface area contributed by atoms with Crippen LogP contribution in [0, 0.1) is 5.41 Å². The SMILES string of the molecule is CCOCOCC(=N)C(=O)OCC. The fourth-order valence-corrected chi connectivity index (χ4v) is 0.563.